The first-order valence-corrected chi connectivity index (χ1v) is 8.53. The number of aromatic nitrogens is 2. The van der Waals surface area contributed by atoms with Crippen LogP contribution in [0.1, 0.15) is 17.7 Å². The maximum atomic E-state index is 12.3. The van der Waals surface area contributed by atoms with E-state index >= 15 is 0 Å². The van der Waals surface area contributed by atoms with Gasteiger partial charge in [0.15, 0.2) is 5.82 Å². The van der Waals surface area contributed by atoms with Crippen LogP contribution >= 0.6 is 0 Å². The van der Waals surface area contributed by atoms with Gasteiger partial charge in [-0.25, -0.2) is 4.63 Å². The molecule has 2 heterocycles. The van der Waals surface area contributed by atoms with Gasteiger partial charge in [0.2, 0.25) is 5.91 Å². The molecule has 0 saturated carbocycles. The molecule has 3 rings (SSSR count). The van der Waals surface area contributed by atoms with Gasteiger partial charge >= 0.3 is 0 Å². The van der Waals surface area contributed by atoms with Gasteiger partial charge in [-0.15, -0.1) is 0 Å². The van der Waals surface area contributed by atoms with Gasteiger partial charge in [0.05, 0.1) is 12.6 Å². The van der Waals surface area contributed by atoms with Crippen molar-refractivity contribution in [3.8, 4) is 0 Å². The molecule has 1 aromatic carbocycles. The summed E-state index contributed by atoms with van der Waals surface area (Å²) in [5.41, 5.74) is 1.87. The number of aryl methyl sites for hydroxylation is 1. The van der Waals surface area contributed by atoms with Gasteiger partial charge in [-0.1, -0.05) is 35.5 Å². The summed E-state index contributed by atoms with van der Waals surface area (Å²) in [5.74, 6) is 0.648. The number of methoxy groups -OCH3 is 1. The first kappa shape index (κ1) is 17.6. The van der Waals surface area contributed by atoms with Crippen LogP contribution in [0.25, 0.3) is 0 Å². The standard InChI is InChI=1S/C18H24N4O3/c1-13-18(21-25-20-13)19-17(23)12-22-9-8-16(24-2)15(11-22)10-14-6-4-3-5-7-14/h3-7,15-16H,8-12H2,1-2H3,(H,19,21,23)/t15-,16+/m1/s1. The van der Waals surface area contributed by atoms with Crippen molar-refractivity contribution < 1.29 is 14.2 Å². The molecule has 7 nitrogen and oxygen atoms in total. The summed E-state index contributed by atoms with van der Waals surface area (Å²) in [7, 11) is 1.77. The number of nitrogens with zero attached hydrogens (tertiary/aromatic N) is 3. The lowest BCUT2D eigenvalue weighted by molar-refractivity contribution is -0.118. The fourth-order valence-corrected chi connectivity index (χ4v) is 3.37. The molecule has 1 N–H and O–H groups in total. The van der Waals surface area contributed by atoms with Crippen LogP contribution in [-0.2, 0) is 16.0 Å². The molecule has 1 amide bonds. The Morgan fingerprint density at radius 2 is 2.16 bits per heavy atom. The fourth-order valence-electron chi connectivity index (χ4n) is 3.37. The van der Waals surface area contributed by atoms with E-state index in [2.05, 4.69) is 49.4 Å². The summed E-state index contributed by atoms with van der Waals surface area (Å²) in [6.45, 7) is 3.74. The van der Waals surface area contributed by atoms with Gasteiger partial charge in [-0.05, 0) is 30.5 Å². The van der Waals surface area contributed by atoms with Gasteiger partial charge in [-0.3, -0.25) is 9.69 Å². The molecule has 0 spiro atoms. The Kier molecular flexibility index (Phi) is 5.78. The van der Waals surface area contributed by atoms with Crippen LogP contribution in [0.3, 0.4) is 0 Å². The molecule has 134 valence electrons. The van der Waals surface area contributed by atoms with E-state index in [1.165, 1.54) is 5.56 Å². The van der Waals surface area contributed by atoms with Crippen molar-refractivity contribution in [2.75, 3.05) is 32.1 Å². The summed E-state index contributed by atoms with van der Waals surface area (Å²) in [6.07, 6.45) is 2.09. The van der Waals surface area contributed by atoms with Crippen LogP contribution in [0.15, 0.2) is 35.0 Å². The molecule has 0 unspecified atom stereocenters. The monoisotopic (exact) mass is 344 g/mol. The van der Waals surface area contributed by atoms with Gasteiger partial charge in [0.1, 0.15) is 5.69 Å². The zero-order valence-corrected chi connectivity index (χ0v) is 14.6. The maximum Gasteiger partial charge on any atom is 0.239 e. The number of piperidine rings is 1. The number of carbonyl (C=O) groups excluding carboxylic acids is 1. The number of rotatable bonds is 6. The minimum atomic E-state index is -0.104. The van der Waals surface area contributed by atoms with Crippen LogP contribution in [0, 0.1) is 12.8 Å². The highest BCUT2D eigenvalue weighted by Crippen LogP contribution is 2.23. The third-order valence-electron chi connectivity index (χ3n) is 4.67. The van der Waals surface area contributed by atoms with Gasteiger partial charge in [0.25, 0.3) is 0 Å². The summed E-state index contributed by atoms with van der Waals surface area (Å²) < 4.78 is 10.3. The summed E-state index contributed by atoms with van der Waals surface area (Å²) in [5, 5.41) is 10.1. The summed E-state index contributed by atoms with van der Waals surface area (Å²) >= 11 is 0. The van der Waals surface area contributed by atoms with E-state index < -0.39 is 0 Å². The van der Waals surface area contributed by atoms with Crippen molar-refractivity contribution in [3.05, 3.63) is 41.6 Å². The van der Waals surface area contributed by atoms with Crippen molar-refractivity contribution in [2.24, 2.45) is 5.92 Å². The zero-order chi connectivity index (χ0) is 17.6. The molecule has 0 aliphatic carbocycles. The lowest BCUT2D eigenvalue weighted by Gasteiger charge is -2.37. The van der Waals surface area contributed by atoms with Crippen molar-refractivity contribution in [1.82, 2.24) is 15.2 Å². The van der Waals surface area contributed by atoms with E-state index in [0.29, 0.717) is 24.0 Å². The molecule has 0 radical (unpaired) electrons. The van der Waals surface area contributed by atoms with Crippen molar-refractivity contribution in [3.63, 3.8) is 0 Å². The number of ether oxygens (including phenoxy) is 1. The number of amides is 1. The third-order valence-corrected chi connectivity index (χ3v) is 4.67. The number of anilines is 1. The molecule has 2 atom stereocenters. The highest BCUT2D eigenvalue weighted by molar-refractivity contribution is 5.91. The van der Waals surface area contributed by atoms with Crippen LogP contribution in [0.2, 0.25) is 0 Å². The SMILES string of the molecule is CO[C@H]1CCN(CC(=O)Nc2nonc2C)C[C@H]1Cc1ccccc1. The van der Waals surface area contributed by atoms with Crippen molar-refractivity contribution >= 4 is 11.7 Å². The Bertz CT molecular complexity index is 689. The number of benzene rings is 1. The highest BCUT2D eigenvalue weighted by Gasteiger charge is 2.30. The van der Waals surface area contributed by atoms with E-state index in [-0.39, 0.29) is 12.0 Å². The smallest absolute Gasteiger partial charge is 0.239 e. The Labute approximate surface area is 147 Å². The number of hydrogen-bond acceptors (Lipinski definition) is 6. The predicted octanol–water partition coefficient (Wildman–Crippen LogP) is 1.90. The molecule has 1 aliphatic heterocycles. The third kappa shape index (κ3) is 4.64. The van der Waals surface area contributed by atoms with Crippen LogP contribution in [0.4, 0.5) is 5.82 Å². The van der Waals surface area contributed by atoms with Gasteiger partial charge in [0, 0.05) is 26.1 Å². The summed E-state index contributed by atoms with van der Waals surface area (Å²) in [6, 6.07) is 10.4. The first-order chi connectivity index (χ1) is 12.2. The molecule has 25 heavy (non-hydrogen) atoms. The molecule has 1 saturated heterocycles. The molecule has 2 aromatic rings. The van der Waals surface area contributed by atoms with E-state index in [4.69, 9.17) is 4.74 Å². The number of hydrogen-bond donors (Lipinski definition) is 1. The first-order valence-electron chi connectivity index (χ1n) is 8.53. The molecule has 0 bridgehead atoms. The van der Waals surface area contributed by atoms with E-state index in [1.54, 1.807) is 14.0 Å². The molecule has 1 aromatic heterocycles. The Hall–Kier alpha value is -2.25. The second kappa shape index (κ2) is 8.22. The fraction of sp³-hybridized carbons (Fsp3) is 0.500. The molecule has 7 heteroatoms. The lowest BCUT2D eigenvalue weighted by atomic mass is 9.88. The lowest BCUT2D eigenvalue weighted by Crippen LogP contribution is -2.47. The van der Waals surface area contributed by atoms with Crippen LogP contribution in [0.5, 0.6) is 0 Å². The number of carbonyl (C=O) groups is 1. The number of likely N-dealkylation sites (tertiary alicyclic amines) is 1. The van der Waals surface area contributed by atoms with Crippen molar-refractivity contribution in [2.45, 2.75) is 25.9 Å². The molecular formula is C18H24N4O3. The second-order valence-electron chi connectivity index (χ2n) is 6.49. The Morgan fingerprint density at radius 3 is 2.84 bits per heavy atom. The normalized spacial score (nSPS) is 21.2. The second-order valence-corrected chi connectivity index (χ2v) is 6.49. The minimum Gasteiger partial charge on any atom is -0.381 e. The zero-order valence-electron chi connectivity index (χ0n) is 14.6. The van der Waals surface area contributed by atoms with Crippen LogP contribution in [-0.4, -0.2) is 54.0 Å². The highest BCUT2D eigenvalue weighted by atomic mass is 16.6. The average molecular weight is 344 g/mol. The largest absolute Gasteiger partial charge is 0.381 e. The average Bonchev–Trinajstić information content (AvgIpc) is 3.01. The van der Waals surface area contributed by atoms with Crippen LogP contribution < -0.4 is 5.32 Å². The van der Waals surface area contributed by atoms with Gasteiger partial charge < -0.3 is 10.1 Å². The maximum absolute atomic E-state index is 12.3. The van der Waals surface area contributed by atoms with E-state index in [1.807, 2.05) is 6.07 Å². The molecule has 1 aliphatic rings. The Balaban J connectivity index is 1.57. The topological polar surface area (TPSA) is 80.5 Å². The molecule has 1 fully saturated rings. The number of nitrogens with one attached hydrogen (secondary N) is 1. The predicted molar refractivity (Wildman–Crippen MR) is 93.2 cm³/mol. The minimum absolute atomic E-state index is 0.104. The van der Waals surface area contributed by atoms with E-state index in [9.17, 15) is 4.79 Å². The van der Waals surface area contributed by atoms with Crippen molar-refractivity contribution in [1.29, 1.82) is 0 Å². The Morgan fingerprint density at radius 1 is 1.36 bits per heavy atom. The van der Waals surface area contributed by atoms with Gasteiger partial charge in [-0.2, -0.15) is 0 Å². The molecular weight excluding hydrogens is 320 g/mol. The quantitative estimate of drug-likeness (QED) is 0.862. The van der Waals surface area contributed by atoms with E-state index in [0.717, 1.165) is 25.9 Å². The summed E-state index contributed by atoms with van der Waals surface area (Å²) in [4.78, 5) is 14.4.